The van der Waals surface area contributed by atoms with E-state index in [0.717, 1.165) is 17.7 Å². The van der Waals surface area contributed by atoms with Gasteiger partial charge in [-0.1, -0.05) is 18.2 Å². The monoisotopic (exact) mass is 341 g/mol. The molecule has 0 saturated heterocycles. The molecular weight excluding hydrogens is 322 g/mol. The van der Waals surface area contributed by atoms with Crippen LogP contribution < -0.4 is 10.3 Å². The first-order valence-corrected chi connectivity index (χ1v) is 7.95. The number of hydrogen-bond donors (Lipinski definition) is 0. The van der Waals surface area contributed by atoms with Gasteiger partial charge >= 0.3 is 5.97 Å². The average molecular weight is 341 g/mol. The third kappa shape index (κ3) is 3.40. The minimum Gasteiger partial charge on any atom is -0.493 e. The molecule has 0 atom stereocenters. The summed E-state index contributed by atoms with van der Waals surface area (Å²) in [6, 6.07) is 7.86. The molecule has 0 N–H and O–H groups in total. The summed E-state index contributed by atoms with van der Waals surface area (Å²) in [5.74, 6) is 0.664. The number of hydrogen-bond acceptors (Lipinski definition) is 5. The number of ether oxygens (including phenoxy) is 2. The molecule has 0 aliphatic carbocycles. The summed E-state index contributed by atoms with van der Waals surface area (Å²) in [5, 5.41) is 0. The lowest BCUT2D eigenvalue weighted by molar-refractivity contribution is 0.0598. The minimum absolute atomic E-state index is 0.0827. The fourth-order valence-corrected chi connectivity index (χ4v) is 2.58. The number of para-hydroxylation sites is 1. The Bertz CT molecular complexity index is 958. The molecule has 3 rings (SSSR count). The van der Waals surface area contributed by atoms with E-state index in [2.05, 4.69) is 9.72 Å². The van der Waals surface area contributed by atoms with Crippen molar-refractivity contribution in [2.24, 2.45) is 0 Å². The molecule has 0 amide bonds. The highest BCUT2D eigenvalue weighted by atomic mass is 16.5. The Labute approximate surface area is 144 Å². The van der Waals surface area contributed by atoms with E-state index in [1.54, 1.807) is 12.4 Å². The Morgan fingerprint density at radius 1 is 1.24 bits per heavy atom. The number of fused-ring (bicyclic) bond motifs is 1. The van der Waals surface area contributed by atoms with Gasteiger partial charge in [0.15, 0.2) is 0 Å². The second kappa shape index (κ2) is 7.21. The van der Waals surface area contributed by atoms with E-state index in [9.17, 15) is 9.59 Å². The molecule has 7 nitrogen and oxygen atoms in total. The maximum atomic E-state index is 12.3. The fourth-order valence-electron chi connectivity index (χ4n) is 2.58. The largest absolute Gasteiger partial charge is 0.493 e. The van der Waals surface area contributed by atoms with E-state index < -0.39 is 11.5 Å². The average Bonchev–Trinajstić information content (AvgIpc) is 3.04. The van der Waals surface area contributed by atoms with E-state index in [4.69, 9.17) is 4.74 Å². The van der Waals surface area contributed by atoms with Crippen molar-refractivity contribution in [3.63, 3.8) is 0 Å². The topological polar surface area (TPSA) is 74.8 Å². The molecule has 0 aliphatic rings. The summed E-state index contributed by atoms with van der Waals surface area (Å²) in [6.07, 6.45) is 5.37. The third-order valence-corrected chi connectivity index (χ3v) is 3.93. The normalized spacial score (nSPS) is 10.8. The molecule has 2 heterocycles. The number of carbonyl (C=O) groups is 1. The van der Waals surface area contributed by atoms with Gasteiger partial charge in [-0.25, -0.2) is 9.78 Å². The van der Waals surface area contributed by atoms with E-state index in [-0.39, 0.29) is 5.56 Å². The zero-order valence-electron chi connectivity index (χ0n) is 14.1. The summed E-state index contributed by atoms with van der Waals surface area (Å²) in [5.41, 5.74) is 0.574. The zero-order valence-corrected chi connectivity index (χ0v) is 14.1. The Balaban J connectivity index is 1.68. The first-order valence-electron chi connectivity index (χ1n) is 7.95. The first kappa shape index (κ1) is 16.8. The van der Waals surface area contributed by atoms with E-state index in [1.807, 2.05) is 35.8 Å². The third-order valence-electron chi connectivity index (χ3n) is 3.93. The van der Waals surface area contributed by atoms with Gasteiger partial charge in [0, 0.05) is 18.9 Å². The van der Waals surface area contributed by atoms with Gasteiger partial charge in [0.2, 0.25) is 5.78 Å². The molecule has 0 spiro atoms. The SMILES string of the molecule is COC(=O)c1cnc2n(CCCOc3ccccc3C)ccn2c1=O. The first-order chi connectivity index (χ1) is 12.1. The van der Waals surface area contributed by atoms with Crippen LogP contribution in [0.25, 0.3) is 5.78 Å². The lowest BCUT2D eigenvalue weighted by Crippen LogP contribution is -2.23. The van der Waals surface area contributed by atoms with Crippen molar-refractivity contribution in [1.29, 1.82) is 0 Å². The van der Waals surface area contributed by atoms with Crippen molar-refractivity contribution < 1.29 is 14.3 Å². The lowest BCUT2D eigenvalue weighted by Gasteiger charge is -2.09. The van der Waals surface area contributed by atoms with Crippen LogP contribution in [-0.4, -0.2) is 33.6 Å². The standard InChI is InChI=1S/C18H19N3O4/c1-13-6-3-4-7-15(13)25-11-5-8-20-9-10-21-16(22)14(17(23)24-2)12-19-18(20)21/h3-4,6-7,9-10,12H,5,8,11H2,1-2H3. The number of nitrogens with zero attached hydrogens (tertiary/aromatic N) is 3. The predicted octanol–water partition coefficient (Wildman–Crippen LogP) is 2.06. The summed E-state index contributed by atoms with van der Waals surface area (Å²) in [7, 11) is 1.23. The van der Waals surface area contributed by atoms with E-state index in [0.29, 0.717) is 18.9 Å². The molecule has 25 heavy (non-hydrogen) atoms. The van der Waals surface area contributed by atoms with Gasteiger partial charge in [0.1, 0.15) is 11.3 Å². The molecule has 2 aromatic heterocycles. The quantitative estimate of drug-likeness (QED) is 0.507. The zero-order chi connectivity index (χ0) is 17.8. The van der Waals surface area contributed by atoms with Crippen LogP contribution in [0.3, 0.4) is 0 Å². The highest BCUT2D eigenvalue weighted by molar-refractivity contribution is 5.88. The molecular formula is C18H19N3O4. The summed E-state index contributed by atoms with van der Waals surface area (Å²) < 4.78 is 13.6. The van der Waals surface area contributed by atoms with Crippen molar-refractivity contribution in [2.45, 2.75) is 19.9 Å². The molecule has 0 radical (unpaired) electrons. The summed E-state index contributed by atoms with van der Waals surface area (Å²) in [6.45, 7) is 3.20. The van der Waals surface area contributed by atoms with Crippen LogP contribution in [0.5, 0.6) is 5.75 Å². The number of aromatic nitrogens is 3. The second-order valence-corrected chi connectivity index (χ2v) is 5.60. The maximum absolute atomic E-state index is 12.3. The molecule has 0 aliphatic heterocycles. The number of esters is 1. The molecule has 7 heteroatoms. The van der Waals surface area contributed by atoms with E-state index >= 15 is 0 Å². The molecule has 3 aromatic rings. The van der Waals surface area contributed by atoms with E-state index in [1.165, 1.54) is 17.7 Å². The van der Waals surface area contributed by atoms with Crippen LogP contribution in [0.1, 0.15) is 22.3 Å². The molecule has 130 valence electrons. The van der Waals surface area contributed by atoms with Crippen molar-refractivity contribution in [3.05, 3.63) is 64.3 Å². The van der Waals surface area contributed by atoms with Crippen LogP contribution in [0.15, 0.2) is 47.7 Å². The van der Waals surface area contributed by atoms with Crippen molar-refractivity contribution in [2.75, 3.05) is 13.7 Å². The smallest absolute Gasteiger partial charge is 0.345 e. The number of methoxy groups -OCH3 is 1. The van der Waals surface area contributed by atoms with Crippen molar-refractivity contribution >= 4 is 11.7 Å². The van der Waals surface area contributed by atoms with Crippen LogP contribution in [0, 0.1) is 6.92 Å². The van der Waals surface area contributed by atoms with Crippen LogP contribution in [0.2, 0.25) is 0 Å². The number of imidazole rings is 1. The highest BCUT2D eigenvalue weighted by Crippen LogP contribution is 2.16. The predicted molar refractivity (Wildman–Crippen MR) is 92.1 cm³/mol. The molecule has 0 bridgehead atoms. The Kier molecular flexibility index (Phi) is 4.83. The van der Waals surface area contributed by atoms with Crippen LogP contribution in [-0.2, 0) is 11.3 Å². The molecule has 0 fully saturated rings. The summed E-state index contributed by atoms with van der Waals surface area (Å²) >= 11 is 0. The van der Waals surface area contributed by atoms with Crippen LogP contribution in [0.4, 0.5) is 0 Å². The molecule has 0 saturated carbocycles. The van der Waals surface area contributed by atoms with Gasteiger partial charge < -0.3 is 14.0 Å². The fraction of sp³-hybridized carbons (Fsp3) is 0.278. The summed E-state index contributed by atoms with van der Waals surface area (Å²) in [4.78, 5) is 28.0. The van der Waals surface area contributed by atoms with Crippen LogP contribution >= 0.6 is 0 Å². The highest BCUT2D eigenvalue weighted by Gasteiger charge is 2.15. The van der Waals surface area contributed by atoms with Crippen molar-refractivity contribution in [3.8, 4) is 5.75 Å². The van der Waals surface area contributed by atoms with Gasteiger partial charge in [0.05, 0.1) is 19.9 Å². The Hall–Kier alpha value is -3.09. The molecule has 1 aromatic carbocycles. The number of aryl methyl sites for hydroxylation is 2. The maximum Gasteiger partial charge on any atom is 0.345 e. The van der Waals surface area contributed by atoms with Gasteiger partial charge in [-0.2, -0.15) is 0 Å². The lowest BCUT2D eigenvalue weighted by atomic mass is 10.2. The molecule has 0 unspecified atom stereocenters. The Morgan fingerprint density at radius 2 is 2.04 bits per heavy atom. The van der Waals surface area contributed by atoms with Crippen molar-refractivity contribution in [1.82, 2.24) is 14.0 Å². The van der Waals surface area contributed by atoms with Gasteiger partial charge in [0.25, 0.3) is 5.56 Å². The number of carbonyl (C=O) groups excluding carboxylic acids is 1. The second-order valence-electron chi connectivity index (χ2n) is 5.60. The van der Waals surface area contributed by atoms with Gasteiger partial charge in [-0.15, -0.1) is 0 Å². The van der Waals surface area contributed by atoms with Gasteiger partial charge in [-0.3, -0.25) is 9.20 Å². The Morgan fingerprint density at radius 3 is 2.80 bits per heavy atom. The van der Waals surface area contributed by atoms with Gasteiger partial charge in [-0.05, 0) is 25.0 Å². The minimum atomic E-state index is -0.689. The number of rotatable bonds is 6. The number of benzene rings is 1.